The topological polar surface area (TPSA) is 40.6 Å². The minimum atomic E-state index is -3.78. The highest BCUT2D eigenvalue weighted by Crippen LogP contribution is 2.17. The molecule has 0 aliphatic carbocycles. The fraction of sp³-hybridized carbons (Fsp3) is 1.00. The van der Waals surface area contributed by atoms with Crippen LogP contribution in [0.15, 0.2) is 0 Å². The van der Waals surface area contributed by atoms with Crippen LogP contribution in [0, 0.1) is 0 Å². The van der Waals surface area contributed by atoms with Crippen LogP contribution < -0.4 is 0 Å². The molecule has 0 spiro atoms. The SMILES string of the molecule is O=S(=O)(N1CCCCC1)N(CCCl)CC(F)F. The maximum atomic E-state index is 12.3. The fourth-order valence-corrected chi connectivity index (χ4v) is 3.78. The van der Waals surface area contributed by atoms with Gasteiger partial charge in [0.2, 0.25) is 0 Å². The van der Waals surface area contributed by atoms with Gasteiger partial charge in [-0.15, -0.1) is 11.6 Å². The average molecular weight is 291 g/mol. The Morgan fingerprint density at radius 3 is 2.29 bits per heavy atom. The molecule has 0 unspecified atom stereocenters. The Bertz CT molecular complexity index is 321. The third-order valence-electron chi connectivity index (χ3n) is 2.64. The van der Waals surface area contributed by atoms with Gasteiger partial charge in [0.05, 0.1) is 6.54 Å². The highest BCUT2D eigenvalue weighted by molar-refractivity contribution is 7.86. The Morgan fingerprint density at radius 1 is 1.24 bits per heavy atom. The van der Waals surface area contributed by atoms with Crippen LogP contribution in [0.3, 0.4) is 0 Å². The molecule has 1 rings (SSSR count). The molecule has 0 atom stereocenters. The zero-order valence-corrected chi connectivity index (χ0v) is 11.1. The number of alkyl halides is 3. The lowest BCUT2D eigenvalue weighted by Crippen LogP contribution is -2.48. The molecule has 1 aliphatic heterocycles. The van der Waals surface area contributed by atoms with Crippen LogP contribution in [0.25, 0.3) is 0 Å². The molecule has 1 heterocycles. The van der Waals surface area contributed by atoms with Crippen LogP contribution in [-0.4, -0.2) is 55.5 Å². The van der Waals surface area contributed by atoms with Crippen molar-refractivity contribution in [3.8, 4) is 0 Å². The van der Waals surface area contributed by atoms with Crippen LogP contribution in [0.1, 0.15) is 19.3 Å². The smallest absolute Gasteiger partial charge is 0.209 e. The summed E-state index contributed by atoms with van der Waals surface area (Å²) in [5, 5.41) is 0. The molecule has 0 aromatic rings. The Morgan fingerprint density at radius 2 is 1.82 bits per heavy atom. The first-order valence-corrected chi connectivity index (χ1v) is 7.51. The number of hydrogen-bond donors (Lipinski definition) is 0. The van der Waals surface area contributed by atoms with Crippen LogP contribution in [0.2, 0.25) is 0 Å². The van der Waals surface area contributed by atoms with Gasteiger partial charge in [0.1, 0.15) is 0 Å². The number of rotatable bonds is 6. The standard InChI is InChI=1S/C9H17ClF2N2O2S/c10-4-7-14(8-9(11)12)17(15,16)13-5-2-1-3-6-13/h9H,1-8H2. The summed E-state index contributed by atoms with van der Waals surface area (Å²) in [6, 6.07) is 0. The molecule has 1 aliphatic rings. The lowest BCUT2D eigenvalue weighted by atomic mass is 10.2. The average Bonchev–Trinajstić information content (AvgIpc) is 2.29. The van der Waals surface area contributed by atoms with Gasteiger partial charge in [0.15, 0.2) is 0 Å². The first-order valence-electron chi connectivity index (χ1n) is 5.58. The second kappa shape index (κ2) is 6.82. The van der Waals surface area contributed by atoms with E-state index in [2.05, 4.69) is 0 Å². The molecule has 0 radical (unpaired) electrons. The van der Waals surface area contributed by atoms with Crippen molar-refractivity contribution < 1.29 is 17.2 Å². The molecule has 0 saturated carbocycles. The van der Waals surface area contributed by atoms with E-state index in [9.17, 15) is 17.2 Å². The van der Waals surface area contributed by atoms with Gasteiger partial charge in [-0.25, -0.2) is 8.78 Å². The lowest BCUT2D eigenvalue weighted by molar-refractivity contribution is 0.118. The molecule has 0 N–H and O–H groups in total. The summed E-state index contributed by atoms with van der Waals surface area (Å²) in [6.07, 6.45) is -0.139. The van der Waals surface area contributed by atoms with Gasteiger partial charge in [-0.1, -0.05) is 6.42 Å². The maximum Gasteiger partial charge on any atom is 0.282 e. The number of halogens is 3. The molecule has 8 heteroatoms. The van der Waals surface area contributed by atoms with Gasteiger partial charge >= 0.3 is 0 Å². The van der Waals surface area contributed by atoms with E-state index in [1.165, 1.54) is 4.31 Å². The van der Waals surface area contributed by atoms with Crippen molar-refractivity contribution in [2.75, 3.05) is 32.1 Å². The summed E-state index contributed by atoms with van der Waals surface area (Å²) in [5.74, 6) is 0.0137. The fourth-order valence-electron chi connectivity index (χ4n) is 1.81. The van der Waals surface area contributed by atoms with Crippen molar-refractivity contribution in [2.45, 2.75) is 25.7 Å². The minimum Gasteiger partial charge on any atom is -0.209 e. The second-order valence-electron chi connectivity index (χ2n) is 3.91. The van der Waals surface area contributed by atoms with Crippen LogP contribution in [0.5, 0.6) is 0 Å². The lowest BCUT2D eigenvalue weighted by Gasteiger charge is -2.31. The Balaban J connectivity index is 2.74. The summed E-state index contributed by atoms with van der Waals surface area (Å²) >= 11 is 5.46. The Kier molecular flexibility index (Phi) is 6.05. The summed E-state index contributed by atoms with van der Waals surface area (Å²) in [7, 11) is -3.78. The van der Waals surface area contributed by atoms with Crippen molar-refractivity contribution in [3.63, 3.8) is 0 Å². The molecule has 0 aromatic carbocycles. The molecular formula is C9H17ClF2N2O2S. The van der Waals surface area contributed by atoms with Crippen LogP contribution in [0.4, 0.5) is 8.78 Å². The number of hydrogen-bond acceptors (Lipinski definition) is 2. The van der Waals surface area contributed by atoms with Gasteiger partial charge in [0.25, 0.3) is 16.6 Å². The van der Waals surface area contributed by atoms with Gasteiger partial charge in [-0.3, -0.25) is 0 Å². The number of piperidine rings is 1. The van der Waals surface area contributed by atoms with Gasteiger partial charge in [-0.2, -0.15) is 17.0 Å². The molecular weight excluding hydrogens is 274 g/mol. The van der Waals surface area contributed by atoms with Crippen molar-refractivity contribution in [3.05, 3.63) is 0 Å². The van der Waals surface area contributed by atoms with E-state index in [1.807, 2.05) is 0 Å². The minimum absolute atomic E-state index is 0.0137. The Hall–Kier alpha value is 0.0200. The van der Waals surface area contributed by atoms with Gasteiger partial charge < -0.3 is 0 Å². The van der Waals surface area contributed by atoms with E-state index in [1.54, 1.807) is 0 Å². The van der Waals surface area contributed by atoms with Gasteiger partial charge in [-0.05, 0) is 12.8 Å². The largest absolute Gasteiger partial charge is 0.282 e. The summed E-state index contributed by atoms with van der Waals surface area (Å²) in [5.41, 5.74) is 0. The maximum absolute atomic E-state index is 12.3. The molecule has 17 heavy (non-hydrogen) atoms. The predicted molar refractivity (Wildman–Crippen MR) is 62.6 cm³/mol. The molecule has 1 fully saturated rings. The second-order valence-corrected chi connectivity index (χ2v) is 6.21. The third-order valence-corrected chi connectivity index (χ3v) is 4.81. The number of nitrogens with zero attached hydrogens (tertiary/aromatic N) is 2. The Labute approximate surface area is 106 Å². The summed E-state index contributed by atoms with van der Waals surface area (Å²) in [4.78, 5) is 0. The first-order chi connectivity index (χ1) is 7.98. The quantitative estimate of drug-likeness (QED) is 0.696. The van der Waals surface area contributed by atoms with Crippen molar-refractivity contribution >= 4 is 21.8 Å². The normalized spacial score (nSPS) is 19.1. The molecule has 102 valence electrons. The van der Waals surface area contributed by atoms with E-state index in [-0.39, 0.29) is 12.4 Å². The highest BCUT2D eigenvalue weighted by atomic mass is 35.5. The highest BCUT2D eigenvalue weighted by Gasteiger charge is 2.31. The van der Waals surface area contributed by atoms with Crippen molar-refractivity contribution in [1.82, 2.24) is 8.61 Å². The van der Waals surface area contributed by atoms with Crippen molar-refractivity contribution in [1.29, 1.82) is 0 Å². The third kappa shape index (κ3) is 4.31. The van der Waals surface area contributed by atoms with Gasteiger partial charge in [0, 0.05) is 25.5 Å². The monoisotopic (exact) mass is 290 g/mol. The first kappa shape index (κ1) is 15.1. The van der Waals surface area contributed by atoms with E-state index >= 15 is 0 Å². The predicted octanol–water partition coefficient (Wildman–Crippen LogP) is 1.52. The molecule has 0 aromatic heterocycles. The summed E-state index contributed by atoms with van der Waals surface area (Å²) in [6.45, 7) is -0.0506. The zero-order valence-electron chi connectivity index (χ0n) is 9.49. The molecule has 0 bridgehead atoms. The van der Waals surface area contributed by atoms with Crippen LogP contribution in [-0.2, 0) is 10.2 Å². The molecule has 1 saturated heterocycles. The van der Waals surface area contributed by atoms with E-state index in [0.29, 0.717) is 13.1 Å². The zero-order chi connectivity index (χ0) is 12.9. The van der Waals surface area contributed by atoms with E-state index < -0.39 is 23.2 Å². The molecule has 4 nitrogen and oxygen atoms in total. The van der Waals surface area contributed by atoms with E-state index in [4.69, 9.17) is 11.6 Å². The molecule has 0 amide bonds. The van der Waals surface area contributed by atoms with E-state index in [0.717, 1.165) is 23.6 Å². The van der Waals surface area contributed by atoms with Crippen LogP contribution >= 0.6 is 11.6 Å². The summed E-state index contributed by atoms with van der Waals surface area (Å²) < 4.78 is 50.9. The van der Waals surface area contributed by atoms with Crippen molar-refractivity contribution in [2.24, 2.45) is 0 Å².